The van der Waals surface area contributed by atoms with Crippen LogP contribution in [0.3, 0.4) is 0 Å². The topological polar surface area (TPSA) is 36.5 Å². The van der Waals surface area contributed by atoms with E-state index < -0.39 is 0 Å². The maximum atomic E-state index is 5.80. The zero-order valence-electron chi connectivity index (χ0n) is 17.5. The number of unbranched alkanes of at least 4 members (excludes halogenated alkanes) is 5. The van der Waals surface area contributed by atoms with E-state index in [1.54, 1.807) is 5.57 Å². The van der Waals surface area contributed by atoms with Crippen LogP contribution >= 0.6 is 0 Å². The molecular formula is C22H47N3O. The fraction of sp³-hybridized carbons (Fsp3) is 0.909. The first-order valence-corrected chi connectivity index (χ1v) is 11.3. The van der Waals surface area contributed by atoms with Gasteiger partial charge in [0.15, 0.2) is 0 Å². The molecule has 0 bridgehead atoms. The fourth-order valence-corrected chi connectivity index (χ4v) is 3.92. The van der Waals surface area contributed by atoms with Crippen LogP contribution in [-0.4, -0.2) is 56.9 Å². The monoisotopic (exact) mass is 369 g/mol. The van der Waals surface area contributed by atoms with Crippen molar-refractivity contribution in [3.63, 3.8) is 0 Å². The minimum atomic E-state index is 0. The van der Waals surface area contributed by atoms with E-state index in [-0.39, 0.29) is 2.85 Å². The molecule has 1 saturated carbocycles. The van der Waals surface area contributed by atoms with Crippen molar-refractivity contribution in [1.29, 1.82) is 0 Å². The molecule has 1 aliphatic carbocycles. The van der Waals surface area contributed by atoms with Gasteiger partial charge in [0.2, 0.25) is 0 Å². The van der Waals surface area contributed by atoms with Crippen molar-refractivity contribution in [3.05, 3.63) is 11.3 Å². The second-order valence-electron chi connectivity index (χ2n) is 7.93. The van der Waals surface area contributed by atoms with Crippen molar-refractivity contribution in [2.75, 3.05) is 45.9 Å². The largest absolute Gasteiger partial charge is 0.387 e. The number of hydrogen-bond donors (Lipinski definition) is 2. The molecule has 2 N–H and O–H groups in total. The van der Waals surface area contributed by atoms with Gasteiger partial charge in [0.1, 0.15) is 0 Å². The molecular weight excluding hydrogens is 322 g/mol. The Hall–Kier alpha value is -0.580. The highest BCUT2D eigenvalue weighted by molar-refractivity contribution is 5.24. The number of piperidine rings is 1. The Labute approximate surface area is 165 Å². The van der Waals surface area contributed by atoms with Crippen molar-refractivity contribution >= 4 is 0 Å². The molecule has 1 saturated heterocycles. The lowest BCUT2D eigenvalue weighted by Crippen LogP contribution is -2.40. The van der Waals surface area contributed by atoms with Gasteiger partial charge in [-0.1, -0.05) is 32.6 Å². The van der Waals surface area contributed by atoms with E-state index in [1.807, 2.05) is 0 Å². The molecule has 1 aliphatic heterocycles. The average molecular weight is 370 g/mol. The maximum Gasteiger partial charge on any atom is 0.0702 e. The zero-order valence-corrected chi connectivity index (χ0v) is 17.5. The van der Waals surface area contributed by atoms with Crippen LogP contribution in [-0.2, 0) is 4.74 Å². The van der Waals surface area contributed by atoms with E-state index in [4.69, 9.17) is 4.74 Å². The van der Waals surface area contributed by atoms with Crippen molar-refractivity contribution < 1.29 is 7.59 Å². The smallest absolute Gasteiger partial charge is 0.0702 e. The Morgan fingerprint density at radius 1 is 1.12 bits per heavy atom. The summed E-state index contributed by atoms with van der Waals surface area (Å²) in [6, 6.07) is 0. The van der Waals surface area contributed by atoms with E-state index in [1.165, 1.54) is 83.0 Å². The van der Waals surface area contributed by atoms with Gasteiger partial charge in [-0.25, -0.2) is 0 Å². The molecule has 2 fully saturated rings. The van der Waals surface area contributed by atoms with Crippen LogP contribution in [0.25, 0.3) is 0 Å². The summed E-state index contributed by atoms with van der Waals surface area (Å²) in [5.41, 5.74) is 3.13. The number of likely N-dealkylation sites (tertiary alicyclic amines) is 1. The predicted octanol–water partition coefficient (Wildman–Crippen LogP) is 4.57. The van der Waals surface area contributed by atoms with Gasteiger partial charge >= 0.3 is 0 Å². The van der Waals surface area contributed by atoms with Gasteiger partial charge in [-0.2, -0.15) is 0 Å². The van der Waals surface area contributed by atoms with Gasteiger partial charge in [0.05, 0.1) is 6.10 Å². The lowest BCUT2D eigenvalue weighted by Gasteiger charge is -2.32. The van der Waals surface area contributed by atoms with Crippen LogP contribution in [0.15, 0.2) is 11.3 Å². The normalized spacial score (nSPS) is 20.4. The van der Waals surface area contributed by atoms with Crippen LogP contribution in [0.1, 0.15) is 80.9 Å². The van der Waals surface area contributed by atoms with E-state index in [9.17, 15) is 0 Å². The molecule has 0 aromatic rings. The third kappa shape index (κ3) is 9.38. The molecule has 0 amide bonds. The summed E-state index contributed by atoms with van der Waals surface area (Å²) < 4.78 is 5.80. The highest BCUT2D eigenvalue weighted by Crippen LogP contribution is 2.30. The molecule has 0 aromatic heterocycles. The molecule has 1 unspecified atom stereocenters. The van der Waals surface area contributed by atoms with Gasteiger partial charge < -0.3 is 20.3 Å². The third-order valence-electron chi connectivity index (χ3n) is 5.58. The molecule has 2 aliphatic rings. The van der Waals surface area contributed by atoms with Crippen LogP contribution in [0.2, 0.25) is 0 Å². The molecule has 2 rings (SSSR count). The van der Waals surface area contributed by atoms with E-state index in [0.717, 1.165) is 32.8 Å². The van der Waals surface area contributed by atoms with E-state index >= 15 is 0 Å². The Balaban J connectivity index is 0.00000364. The highest BCUT2D eigenvalue weighted by Gasteiger charge is 2.19. The second kappa shape index (κ2) is 13.6. The summed E-state index contributed by atoms with van der Waals surface area (Å²) in [5, 5.41) is 7.12. The van der Waals surface area contributed by atoms with Gasteiger partial charge in [-0.15, -0.1) is 0 Å². The zero-order chi connectivity index (χ0) is 18.5. The molecule has 1 atom stereocenters. The molecule has 4 heteroatoms. The van der Waals surface area contributed by atoms with Crippen molar-refractivity contribution in [3.8, 4) is 0 Å². The maximum absolute atomic E-state index is 5.80. The first kappa shape index (κ1) is 21.7. The molecule has 156 valence electrons. The SMILES string of the molecule is CCNCC(NCCCCCCCCN1CCCC(OCC)C1)=C1CC1.[HH].[HH]. The lowest BCUT2D eigenvalue weighted by molar-refractivity contribution is 0.00558. The third-order valence-corrected chi connectivity index (χ3v) is 5.58. The molecule has 26 heavy (non-hydrogen) atoms. The van der Waals surface area contributed by atoms with Gasteiger partial charge in [-0.05, 0) is 70.7 Å². The Morgan fingerprint density at radius 2 is 1.88 bits per heavy atom. The first-order valence-electron chi connectivity index (χ1n) is 11.3. The Morgan fingerprint density at radius 3 is 2.62 bits per heavy atom. The number of rotatable bonds is 15. The standard InChI is InChI=1S/C22H43N3O.2H2/c1-3-23-18-22(20-13-14-20)24-15-9-7-5-6-8-10-16-25-17-11-12-21(19-25)26-4-2;;/h21,23-24H,3-19H2,1-2H3;2*1H. The van der Waals surface area contributed by atoms with Gasteiger partial charge in [0, 0.05) is 34.8 Å². The van der Waals surface area contributed by atoms with Crippen LogP contribution in [0.4, 0.5) is 0 Å². The highest BCUT2D eigenvalue weighted by atomic mass is 16.5. The summed E-state index contributed by atoms with van der Waals surface area (Å²) >= 11 is 0. The minimum Gasteiger partial charge on any atom is -0.387 e. The Bertz CT molecular complexity index is 399. The van der Waals surface area contributed by atoms with Crippen molar-refractivity contribution in [2.45, 2.75) is 84.2 Å². The van der Waals surface area contributed by atoms with E-state index in [2.05, 4.69) is 29.4 Å². The number of ether oxygens (including phenoxy) is 1. The summed E-state index contributed by atoms with van der Waals surface area (Å²) in [6.07, 6.45) is 13.9. The van der Waals surface area contributed by atoms with Crippen LogP contribution in [0, 0.1) is 0 Å². The number of allylic oxidation sites excluding steroid dienone is 1. The number of likely N-dealkylation sites (N-methyl/N-ethyl adjacent to an activating group) is 1. The van der Waals surface area contributed by atoms with Gasteiger partial charge in [0.25, 0.3) is 0 Å². The number of nitrogens with zero attached hydrogens (tertiary/aromatic N) is 1. The number of hydrogen-bond acceptors (Lipinski definition) is 4. The van der Waals surface area contributed by atoms with Crippen LogP contribution < -0.4 is 10.6 Å². The molecule has 4 nitrogen and oxygen atoms in total. The summed E-state index contributed by atoms with van der Waals surface area (Å²) in [6.45, 7) is 12.1. The minimum absolute atomic E-state index is 0. The molecule has 0 spiro atoms. The van der Waals surface area contributed by atoms with E-state index in [0.29, 0.717) is 6.10 Å². The summed E-state index contributed by atoms with van der Waals surface area (Å²) in [7, 11) is 0. The van der Waals surface area contributed by atoms with Crippen molar-refractivity contribution in [2.24, 2.45) is 0 Å². The second-order valence-corrected chi connectivity index (χ2v) is 7.93. The average Bonchev–Trinajstić information content (AvgIpc) is 3.48. The number of nitrogens with one attached hydrogen (secondary N) is 2. The fourth-order valence-electron chi connectivity index (χ4n) is 3.92. The van der Waals surface area contributed by atoms with Gasteiger partial charge in [-0.3, -0.25) is 0 Å². The summed E-state index contributed by atoms with van der Waals surface area (Å²) in [5.74, 6) is 0. The van der Waals surface area contributed by atoms with Crippen LogP contribution in [0.5, 0.6) is 0 Å². The summed E-state index contributed by atoms with van der Waals surface area (Å²) in [4.78, 5) is 2.62. The Kier molecular flexibility index (Phi) is 11.3. The first-order chi connectivity index (χ1) is 12.8. The molecule has 0 aromatic carbocycles. The quantitative estimate of drug-likeness (QED) is 0.415. The molecule has 0 radical (unpaired) electrons. The molecule has 1 heterocycles. The lowest BCUT2D eigenvalue weighted by atomic mass is 10.1. The predicted molar refractivity (Wildman–Crippen MR) is 116 cm³/mol. The van der Waals surface area contributed by atoms with Crippen molar-refractivity contribution in [1.82, 2.24) is 15.5 Å².